The van der Waals surface area contributed by atoms with E-state index in [4.69, 9.17) is 4.74 Å². The summed E-state index contributed by atoms with van der Waals surface area (Å²) in [5.74, 6) is 0.473. The van der Waals surface area contributed by atoms with Crippen LogP contribution < -0.4 is 4.90 Å². The quantitative estimate of drug-likeness (QED) is 0.794. The maximum Gasteiger partial charge on any atom is 0.357 e. The first-order valence-corrected chi connectivity index (χ1v) is 7.49. The molecule has 0 atom stereocenters. The lowest BCUT2D eigenvalue weighted by Crippen LogP contribution is -2.25. The molecule has 4 rings (SSSR count). The number of nitriles is 1. The van der Waals surface area contributed by atoms with Crippen molar-refractivity contribution < 1.29 is 9.53 Å². The summed E-state index contributed by atoms with van der Waals surface area (Å²) in [4.78, 5) is 18.9. The maximum atomic E-state index is 12.2. The van der Waals surface area contributed by atoms with E-state index in [1.54, 1.807) is 11.4 Å². The molecule has 0 unspecified atom stereocenters. The normalized spacial score (nSPS) is 16.6. The summed E-state index contributed by atoms with van der Waals surface area (Å²) in [7, 11) is 0. The van der Waals surface area contributed by atoms with Gasteiger partial charge in [0.15, 0.2) is 11.3 Å². The summed E-state index contributed by atoms with van der Waals surface area (Å²) in [6.45, 7) is 2.93. The van der Waals surface area contributed by atoms with E-state index in [2.05, 4.69) is 21.1 Å². The Labute approximate surface area is 127 Å². The Balaban J connectivity index is 1.97. The van der Waals surface area contributed by atoms with Crippen molar-refractivity contribution in [1.29, 1.82) is 5.26 Å². The molecule has 1 saturated carbocycles. The van der Waals surface area contributed by atoms with Crippen LogP contribution >= 0.6 is 0 Å². The van der Waals surface area contributed by atoms with E-state index < -0.39 is 5.97 Å². The molecule has 2 aliphatic rings. The van der Waals surface area contributed by atoms with Crippen molar-refractivity contribution in [3.05, 3.63) is 23.0 Å². The van der Waals surface area contributed by atoms with E-state index in [1.807, 2.05) is 0 Å². The van der Waals surface area contributed by atoms with Gasteiger partial charge in [-0.3, -0.25) is 0 Å². The SMILES string of the molecule is CCOC(=O)c1nc2c(C#N)cnn2c2c1CCN2C1CC1. The molecule has 0 spiro atoms. The third kappa shape index (κ3) is 1.77. The molecular weight excluding hydrogens is 282 g/mol. The third-order valence-electron chi connectivity index (χ3n) is 4.17. The monoisotopic (exact) mass is 297 g/mol. The summed E-state index contributed by atoms with van der Waals surface area (Å²) in [5, 5.41) is 13.5. The smallest absolute Gasteiger partial charge is 0.357 e. The first-order chi connectivity index (χ1) is 10.7. The second kappa shape index (κ2) is 4.70. The van der Waals surface area contributed by atoms with Crippen molar-refractivity contribution in [1.82, 2.24) is 14.6 Å². The Morgan fingerprint density at radius 3 is 3.05 bits per heavy atom. The largest absolute Gasteiger partial charge is 0.461 e. The van der Waals surface area contributed by atoms with E-state index >= 15 is 0 Å². The second-order valence-corrected chi connectivity index (χ2v) is 5.56. The van der Waals surface area contributed by atoms with Gasteiger partial charge in [0.05, 0.1) is 12.8 Å². The Hall–Kier alpha value is -2.62. The van der Waals surface area contributed by atoms with Gasteiger partial charge < -0.3 is 9.64 Å². The average Bonchev–Trinajstić information content (AvgIpc) is 3.13. The number of esters is 1. The molecule has 3 heterocycles. The minimum Gasteiger partial charge on any atom is -0.461 e. The fraction of sp³-hybridized carbons (Fsp3) is 0.467. The van der Waals surface area contributed by atoms with Crippen LogP contribution in [-0.4, -0.2) is 39.8 Å². The number of carbonyl (C=O) groups excluding carboxylic acids is 1. The topological polar surface area (TPSA) is 83.5 Å². The van der Waals surface area contributed by atoms with Gasteiger partial charge in [0, 0.05) is 18.2 Å². The van der Waals surface area contributed by atoms with Gasteiger partial charge in [-0.25, -0.2) is 9.78 Å². The molecule has 0 bridgehead atoms. The lowest BCUT2D eigenvalue weighted by molar-refractivity contribution is 0.0518. The zero-order valence-electron chi connectivity index (χ0n) is 12.2. The number of fused-ring (bicyclic) bond motifs is 3. The Morgan fingerprint density at radius 2 is 2.36 bits per heavy atom. The lowest BCUT2D eigenvalue weighted by Gasteiger charge is -2.19. The molecular formula is C15H15N5O2. The van der Waals surface area contributed by atoms with Crippen LogP contribution in [0, 0.1) is 11.3 Å². The molecule has 7 heteroatoms. The highest BCUT2D eigenvalue weighted by molar-refractivity contribution is 5.92. The van der Waals surface area contributed by atoms with E-state index in [9.17, 15) is 10.1 Å². The number of anilines is 1. The predicted octanol–water partition coefficient (Wildman–Crippen LogP) is 1.30. The highest BCUT2D eigenvalue weighted by Gasteiger charge is 2.38. The standard InChI is InChI=1S/C15H15N5O2/c1-2-22-15(21)12-11-5-6-19(10-3-4-10)14(11)20-13(18-12)9(7-16)8-17-20/h8,10H,2-6H2,1H3. The Bertz CT molecular complexity index is 815. The zero-order valence-corrected chi connectivity index (χ0v) is 12.2. The molecule has 2 aromatic heterocycles. The van der Waals surface area contributed by atoms with E-state index in [0.29, 0.717) is 29.6 Å². The van der Waals surface area contributed by atoms with Crippen LogP contribution in [0.1, 0.15) is 41.4 Å². The molecule has 0 amide bonds. The van der Waals surface area contributed by atoms with Crippen LogP contribution in [0.3, 0.4) is 0 Å². The molecule has 1 aliphatic carbocycles. The summed E-state index contributed by atoms with van der Waals surface area (Å²) >= 11 is 0. The van der Waals surface area contributed by atoms with E-state index in [0.717, 1.165) is 37.2 Å². The molecule has 0 N–H and O–H groups in total. The van der Waals surface area contributed by atoms with Crippen molar-refractivity contribution in [2.45, 2.75) is 32.2 Å². The number of hydrogen-bond donors (Lipinski definition) is 0. The molecule has 2 aromatic rings. The van der Waals surface area contributed by atoms with Gasteiger partial charge in [-0.15, -0.1) is 0 Å². The molecule has 1 aliphatic heterocycles. The maximum absolute atomic E-state index is 12.2. The van der Waals surface area contributed by atoms with Crippen LogP contribution in [0.5, 0.6) is 0 Å². The van der Waals surface area contributed by atoms with Crippen LogP contribution in [0.4, 0.5) is 5.82 Å². The molecule has 0 saturated heterocycles. The van der Waals surface area contributed by atoms with E-state index in [1.165, 1.54) is 6.20 Å². The Kier molecular flexibility index (Phi) is 2.79. The summed E-state index contributed by atoms with van der Waals surface area (Å²) in [6, 6.07) is 2.59. The number of carbonyl (C=O) groups is 1. The second-order valence-electron chi connectivity index (χ2n) is 5.56. The zero-order chi connectivity index (χ0) is 15.3. The number of rotatable bonds is 3. The average molecular weight is 297 g/mol. The number of ether oxygens (including phenoxy) is 1. The molecule has 22 heavy (non-hydrogen) atoms. The first kappa shape index (κ1) is 13.1. The minimum atomic E-state index is -0.427. The van der Waals surface area contributed by atoms with Crippen molar-refractivity contribution in [2.75, 3.05) is 18.1 Å². The molecule has 0 radical (unpaired) electrons. The fourth-order valence-electron chi connectivity index (χ4n) is 3.06. The van der Waals surface area contributed by atoms with Crippen LogP contribution in [-0.2, 0) is 11.2 Å². The van der Waals surface area contributed by atoms with Crippen LogP contribution in [0.25, 0.3) is 5.65 Å². The summed E-state index contributed by atoms with van der Waals surface area (Å²) < 4.78 is 6.83. The van der Waals surface area contributed by atoms with Crippen molar-refractivity contribution in [2.24, 2.45) is 0 Å². The fourth-order valence-corrected chi connectivity index (χ4v) is 3.06. The van der Waals surface area contributed by atoms with Gasteiger partial charge in [-0.2, -0.15) is 14.9 Å². The van der Waals surface area contributed by atoms with Crippen LogP contribution in [0.15, 0.2) is 6.20 Å². The number of nitrogens with zero attached hydrogens (tertiary/aromatic N) is 5. The van der Waals surface area contributed by atoms with Gasteiger partial charge in [-0.05, 0) is 26.2 Å². The summed E-state index contributed by atoms with van der Waals surface area (Å²) in [6.07, 6.45) is 4.57. The number of hydrogen-bond acceptors (Lipinski definition) is 6. The van der Waals surface area contributed by atoms with Crippen molar-refractivity contribution >= 4 is 17.4 Å². The molecule has 112 valence electrons. The summed E-state index contributed by atoms with van der Waals surface area (Å²) in [5.41, 5.74) is 2.00. The minimum absolute atomic E-state index is 0.303. The third-order valence-corrected chi connectivity index (χ3v) is 4.17. The van der Waals surface area contributed by atoms with Crippen molar-refractivity contribution in [3.8, 4) is 6.07 Å². The Morgan fingerprint density at radius 1 is 1.55 bits per heavy atom. The van der Waals surface area contributed by atoms with Gasteiger partial charge >= 0.3 is 5.97 Å². The highest BCUT2D eigenvalue weighted by Crippen LogP contribution is 2.39. The molecule has 1 fully saturated rings. The lowest BCUT2D eigenvalue weighted by atomic mass is 10.2. The van der Waals surface area contributed by atoms with Gasteiger partial charge in [-0.1, -0.05) is 0 Å². The van der Waals surface area contributed by atoms with E-state index in [-0.39, 0.29) is 0 Å². The molecule has 0 aromatic carbocycles. The van der Waals surface area contributed by atoms with Crippen molar-refractivity contribution in [3.63, 3.8) is 0 Å². The molecule has 7 nitrogen and oxygen atoms in total. The van der Waals surface area contributed by atoms with Gasteiger partial charge in [0.25, 0.3) is 0 Å². The number of aromatic nitrogens is 3. The highest BCUT2D eigenvalue weighted by atomic mass is 16.5. The predicted molar refractivity (Wildman–Crippen MR) is 77.7 cm³/mol. The first-order valence-electron chi connectivity index (χ1n) is 7.49. The van der Waals surface area contributed by atoms with Crippen LogP contribution in [0.2, 0.25) is 0 Å². The van der Waals surface area contributed by atoms with Gasteiger partial charge in [0.1, 0.15) is 17.5 Å². The van der Waals surface area contributed by atoms with Gasteiger partial charge in [0.2, 0.25) is 0 Å².